The second-order valence-electron chi connectivity index (χ2n) is 9.03. The quantitative estimate of drug-likeness (QED) is 0.240. The van der Waals surface area contributed by atoms with Gasteiger partial charge in [0.15, 0.2) is 0 Å². The lowest BCUT2D eigenvalue weighted by molar-refractivity contribution is 0.0602. The predicted octanol–water partition coefficient (Wildman–Crippen LogP) is 4.08. The van der Waals surface area contributed by atoms with Gasteiger partial charge in [0, 0.05) is 31.9 Å². The maximum absolute atomic E-state index is 11.2. The summed E-state index contributed by atoms with van der Waals surface area (Å²) in [7, 11) is 0. The van der Waals surface area contributed by atoms with Crippen LogP contribution >= 0.6 is 0 Å². The van der Waals surface area contributed by atoms with Gasteiger partial charge in [-0.1, -0.05) is 60.7 Å². The maximum Gasteiger partial charge on any atom is 0.250 e. The van der Waals surface area contributed by atoms with E-state index in [2.05, 4.69) is 9.88 Å². The van der Waals surface area contributed by atoms with Crippen molar-refractivity contribution in [3.63, 3.8) is 0 Å². The number of nitrogens with two attached hydrogens (primary N) is 1. The molecule has 0 saturated carbocycles. The highest BCUT2D eigenvalue weighted by Crippen LogP contribution is 2.19. The van der Waals surface area contributed by atoms with Crippen LogP contribution in [0.25, 0.3) is 0 Å². The van der Waals surface area contributed by atoms with Crippen LogP contribution < -0.4 is 19.9 Å². The molecule has 1 atom stereocenters. The predicted molar refractivity (Wildman–Crippen MR) is 149 cm³/mol. The summed E-state index contributed by atoms with van der Waals surface area (Å²) in [5.41, 5.74) is 7.81. The molecule has 202 valence electrons. The molecule has 0 radical (unpaired) electrons. The maximum atomic E-state index is 11.2. The number of hydrogen-bond acceptors (Lipinski definition) is 7. The van der Waals surface area contributed by atoms with Crippen molar-refractivity contribution in [2.45, 2.75) is 19.3 Å². The van der Waals surface area contributed by atoms with Crippen LogP contribution in [0.2, 0.25) is 0 Å². The summed E-state index contributed by atoms with van der Waals surface area (Å²) >= 11 is 0. The Bertz CT molecular complexity index is 1270. The van der Waals surface area contributed by atoms with E-state index in [0.29, 0.717) is 50.0 Å². The Morgan fingerprint density at radius 1 is 0.821 bits per heavy atom. The molecule has 4 aromatic rings. The van der Waals surface area contributed by atoms with Crippen LogP contribution in [0.5, 0.6) is 17.4 Å². The Labute approximate surface area is 228 Å². The van der Waals surface area contributed by atoms with Crippen molar-refractivity contribution in [1.82, 2.24) is 9.88 Å². The molecule has 3 aromatic carbocycles. The number of amides is 1. The molecule has 0 aliphatic heterocycles. The fourth-order valence-electron chi connectivity index (χ4n) is 3.88. The Morgan fingerprint density at radius 2 is 1.46 bits per heavy atom. The van der Waals surface area contributed by atoms with Crippen molar-refractivity contribution in [1.29, 1.82) is 0 Å². The van der Waals surface area contributed by atoms with Crippen molar-refractivity contribution in [2.24, 2.45) is 5.73 Å². The second kappa shape index (κ2) is 14.5. The molecule has 1 unspecified atom stereocenters. The van der Waals surface area contributed by atoms with E-state index < -0.39 is 12.0 Å². The minimum Gasteiger partial charge on any atom is -0.491 e. The summed E-state index contributed by atoms with van der Waals surface area (Å²) in [6.45, 7) is 2.59. The fraction of sp³-hybridized carbons (Fsp3) is 0.226. The number of primary amides is 1. The number of nitrogens with zero attached hydrogens (tertiary/aromatic N) is 2. The van der Waals surface area contributed by atoms with Gasteiger partial charge in [0.2, 0.25) is 11.8 Å². The van der Waals surface area contributed by atoms with E-state index in [1.807, 2.05) is 84.9 Å². The number of carbonyl (C=O) groups is 1. The highest BCUT2D eigenvalue weighted by atomic mass is 16.5. The standard InChI is InChI=1S/C31H33N3O5/c32-31(36)26-11-16-30(33-19-26)37-18-17-34(20-24-7-3-1-4-8-24)21-27(35)23-39-29-14-12-28(13-15-29)38-22-25-9-5-2-6-10-25/h1-16,19,27,35H,17-18,20-23H2,(H2,32,36). The molecule has 4 rings (SSSR count). The number of aromatic nitrogens is 1. The highest BCUT2D eigenvalue weighted by molar-refractivity contribution is 5.92. The third-order valence-corrected chi connectivity index (χ3v) is 5.91. The van der Waals surface area contributed by atoms with Gasteiger partial charge in [-0.25, -0.2) is 4.98 Å². The van der Waals surface area contributed by atoms with Gasteiger partial charge in [-0.3, -0.25) is 9.69 Å². The molecule has 0 aliphatic rings. The zero-order chi connectivity index (χ0) is 27.3. The van der Waals surface area contributed by atoms with Gasteiger partial charge in [0.05, 0.1) is 5.56 Å². The summed E-state index contributed by atoms with van der Waals surface area (Å²) in [5.74, 6) is 1.27. The second-order valence-corrected chi connectivity index (χ2v) is 9.03. The Hall–Kier alpha value is -4.40. The Kier molecular flexibility index (Phi) is 10.3. The van der Waals surface area contributed by atoms with Gasteiger partial charge in [-0.2, -0.15) is 0 Å². The first-order chi connectivity index (χ1) is 19.0. The zero-order valence-electron chi connectivity index (χ0n) is 21.7. The van der Waals surface area contributed by atoms with Crippen molar-refractivity contribution >= 4 is 5.91 Å². The van der Waals surface area contributed by atoms with E-state index in [0.717, 1.165) is 16.9 Å². The molecule has 8 heteroatoms. The van der Waals surface area contributed by atoms with Crippen LogP contribution in [-0.2, 0) is 13.2 Å². The molecule has 3 N–H and O–H groups in total. The van der Waals surface area contributed by atoms with E-state index in [1.54, 1.807) is 12.1 Å². The molecule has 0 aliphatic carbocycles. The van der Waals surface area contributed by atoms with Crippen LogP contribution in [0.1, 0.15) is 21.5 Å². The first-order valence-corrected chi connectivity index (χ1v) is 12.8. The first-order valence-electron chi connectivity index (χ1n) is 12.8. The molecule has 0 saturated heterocycles. The lowest BCUT2D eigenvalue weighted by Gasteiger charge is -2.25. The first kappa shape index (κ1) is 27.6. The van der Waals surface area contributed by atoms with Crippen molar-refractivity contribution in [3.05, 3.63) is 120 Å². The van der Waals surface area contributed by atoms with Gasteiger partial charge in [0.1, 0.15) is 37.4 Å². The minimum absolute atomic E-state index is 0.145. The molecule has 1 heterocycles. The minimum atomic E-state index is -0.712. The van der Waals surface area contributed by atoms with Gasteiger partial charge in [-0.15, -0.1) is 0 Å². The van der Waals surface area contributed by atoms with E-state index in [9.17, 15) is 9.90 Å². The zero-order valence-corrected chi connectivity index (χ0v) is 21.7. The molecule has 1 amide bonds. The van der Waals surface area contributed by atoms with Crippen LogP contribution in [-0.4, -0.2) is 53.3 Å². The molecule has 1 aromatic heterocycles. The number of aliphatic hydroxyl groups is 1. The van der Waals surface area contributed by atoms with Crippen LogP contribution in [0.15, 0.2) is 103 Å². The molecule has 0 fully saturated rings. The molecular weight excluding hydrogens is 494 g/mol. The summed E-state index contributed by atoms with van der Waals surface area (Å²) in [5, 5.41) is 10.7. The van der Waals surface area contributed by atoms with Gasteiger partial charge >= 0.3 is 0 Å². The van der Waals surface area contributed by atoms with Crippen molar-refractivity contribution in [3.8, 4) is 17.4 Å². The number of carbonyl (C=O) groups excluding carboxylic acids is 1. The van der Waals surface area contributed by atoms with Crippen molar-refractivity contribution < 1.29 is 24.1 Å². The van der Waals surface area contributed by atoms with Crippen LogP contribution in [0.4, 0.5) is 0 Å². The van der Waals surface area contributed by atoms with Gasteiger partial charge in [0.25, 0.3) is 0 Å². The SMILES string of the molecule is NC(=O)c1ccc(OCCN(Cc2ccccc2)CC(O)COc2ccc(OCc3ccccc3)cc2)nc1. The number of rotatable bonds is 15. The molecule has 0 bridgehead atoms. The lowest BCUT2D eigenvalue weighted by atomic mass is 10.2. The average Bonchev–Trinajstić information content (AvgIpc) is 2.97. The normalized spacial score (nSPS) is 11.6. The number of hydrogen-bond donors (Lipinski definition) is 2. The third-order valence-electron chi connectivity index (χ3n) is 5.91. The molecular formula is C31H33N3O5. The summed E-state index contributed by atoms with van der Waals surface area (Å²) in [4.78, 5) is 17.4. The van der Waals surface area contributed by atoms with Crippen molar-refractivity contribution in [2.75, 3.05) is 26.3 Å². The van der Waals surface area contributed by atoms with Gasteiger partial charge in [-0.05, 0) is 41.5 Å². The number of aliphatic hydroxyl groups excluding tert-OH is 1. The van der Waals surface area contributed by atoms with Crippen LogP contribution in [0, 0.1) is 0 Å². The number of benzene rings is 3. The Morgan fingerprint density at radius 3 is 2.08 bits per heavy atom. The molecule has 0 spiro atoms. The summed E-state index contributed by atoms with van der Waals surface area (Å²) in [6.07, 6.45) is 0.679. The fourth-order valence-corrected chi connectivity index (χ4v) is 3.88. The Balaban J connectivity index is 1.25. The van der Waals surface area contributed by atoms with Gasteiger partial charge < -0.3 is 25.1 Å². The average molecular weight is 528 g/mol. The largest absolute Gasteiger partial charge is 0.491 e. The molecule has 39 heavy (non-hydrogen) atoms. The van der Waals surface area contributed by atoms with E-state index in [1.165, 1.54) is 6.20 Å². The number of ether oxygens (including phenoxy) is 3. The lowest BCUT2D eigenvalue weighted by Crippen LogP contribution is -2.37. The van der Waals surface area contributed by atoms with E-state index >= 15 is 0 Å². The molecule has 8 nitrogen and oxygen atoms in total. The monoisotopic (exact) mass is 527 g/mol. The van der Waals surface area contributed by atoms with E-state index in [4.69, 9.17) is 19.9 Å². The summed E-state index contributed by atoms with van der Waals surface area (Å²) < 4.78 is 17.4. The van der Waals surface area contributed by atoms with E-state index in [-0.39, 0.29) is 6.61 Å². The highest BCUT2D eigenvalue weighted by Gasteiger charge is 2.14. The number of pyridine rings is 1. The topological polar surface area (TPSA) is 107 Å². The summed E-state index contributed by atoms with van der Waals surface area (Å²) in [6, 6.07) is 30.6. The van der Waals surface area contributed by atoms with Crippen LogP contribution in [0.3, 0.4) is 0 Å². The third kappa shape index (κ3) is 9.45. The smallest absolute Gasteiger partial charge is 0.250 e.